The molecular formula is C83H158O8P2. The number of aromatic hydroxyl groups is 2. The van der Waals surface area contributed by atoms with Gasteiger partial charge in [0, 0.05) is 0 Å². The van der Waals surface area contributed by atoms with Gasteiger partial charge in [-0.3, -0.25) is 0 Å². The van der Waals surface area contributed by atoms with Gasteiger partial charge in [-0.2, -0.15) is 0 Å². The predicted octanol–water partition coefficient (Wildman–Crippen LogP) is 26.1. The SMILES string of the molecule is CCCCCCCCCCCCP(O)(O)(CCCCCCCCCCCC)OC(C)C(Cc1cc(C(C)(C)C)c(O)c(C(C)(C)C)c1)(Cc1cc(C(C)(C)C)c(O)c(C(C)(C)C)c1)C(C)OP(O)(O)(CCCCCCCCCCCC)CCCCCCCCCCCC. The van der Waals surface area contributed by atoms with Crippen LogP contribution in [0.4, 0.5) is 0 Å². The number of unbranched alkanes of at least 4 members (excludes halogenated alkanes) is 36. The van der Waals surface area contributed by atoms with Crippen LogP contribution in [0.2, 0.25) is 0 Å². The molecule has 548 valence electrons. The van der Waals surface area contributed by atoms with E-state index >= 15 is 0 Å². The third-order valence-electron chi connectivity index (χ3n) is 20.9. The molecule has 8 nitrogen and oxygen atoms in total. The number of hydrogen-bond donors (Lipinski definition) is 6. The topological polar surface area (TPSA) is 140 Å². The fourth-order valence-corrected chi connectivity index (χ4v) is 20.8. The minimum atomic E-state index is -5.01. The van der Waals surface area contributed by atoms with Crippen molar-refractivity contribution in [3.8, 4) is 11.5 Å². The van der Waals surface area contributed by atoms with Crippen molar-refractivity contribution in [3.63, 3.8) is 0 Å². The van der Waals surface area contributed by atoms with E-state index in [0.29, 0.717) is 38.5 Å². The van der Waals surface area contributed by atoms with Crippen molar-refractivity contribution in [2.45, 2.75) is 428 Å². The fraction of sp³-hybridized carbons (Fsp3) is 0.855. The Morgan fingerprint density at radius 3 is 0.613 bits per heavy atom. The molecule has 0 aromatic heterocycles. The number of phenolic OH excluding ortho intramolecular Hbond substituents is 2. The summed E-state index contributed by atoms with van der Waals surface area (Å²) in [5, 5.41) is 24.7. The van der Waals surface area contributed by atoms with Crippen LogP contribution in [-0.4, -0.2) is 66.6 Å². The number of rotatable bonds is 54. The molecule has 2 aromatic carbocycles. The third kappa shape index (κ3) is 34.1. The second kappa shape index (κ2) is 42.7. The first-order valence-electron chi connectivity index (χ1n) is 39.6. The Morgan fingerprint density at radius 2 is 0.452 bits per heavy atom. The van der Waals surface area contributed by atoms with Crippen molar-refractivity contribution in [2.75, 3.05) is 24.6 Å². The van der Waals surface area contributed by atoms with Crippen LogP contribution in [0, 0.1) is 5.41 Å². The molecular weight excluding hydrogens is 1190 g/mol. The van der Waals surface area contributed by atoms with Crippen molar-refractivity contribution in [1.82, 2.24) is 0 Å². The summed E-state index contributed by atoms with van der Waals surface area (Å²) < 4.78 is 15.1. The Hall–Kier alpha value is -1.34. The van der Waals surface area contributed by atoms with Gasteiger partial charge in [-0.25, -0.2) is 0 Å². The first-order valence-corrected chi connectivity index (χ1v) is 44.5. The van der Waals surface area contributed by atoms with E-state index in [2.05, 4.69) is 135 Å². The maximum absolute atomic E-state index is 13.7. The first-order chi connectivity index (χ1) is 43.5. The average molecular weight is 1350 g/mol. The van der Waals surface area contributed by atoms with E-state index in [1.165, 1.54) is 154 Å². The molecule has 0 aliphatic heterocycles. The molecule has 0 saturated carbocycles. The molecule has 0 aliphatic rings. The molecule has 0 saturated heterocycles. The molecule has 0 radical (unpaired) electrons. The number of phenols is 2. The molecule has 2 unspecified atom stereocenters. The van der Waals surface area contributed by atoms with Gasteiger partial charge >= 0.3 is 581 Å². The van der Waals surface area contributed by atoms with E-state index in [-0.39, 0.29) is 36.1 Å². The van der Waals surface area contributed by atoms with Crippen molar-refractivity contribution < 1.29 is 38.8 Å². The summed E-state index contributed by atoms with van der Waals surface area (Å²) in [6, 6.07) is 8.58. The van der Waals surface area contributed by atoms with Crippen LogP contribution in [-0.2, 0) is 43.5 Å². The van der Waals surface area contributed by atoms with E-state index < -0.39 is 53.9 Å². The summed E-state index contributed by atoms with van der Waals surface area (Å²) >= 11 is 0. The number of benzene rings is 2. The Kier molecular flexibility index (Phi) is 40.3. The third-order valence-corrected chi connectivity index (χ3v) is 27.4. The maximum atomic E-state index is 13.7. The van der Waals surface area contributed by atoms with Crippen molar-refractivity contribution >= 4 is 14.6 Å². The molecule has 0 amide bonds. The summed E-state index contributed by atoms with van der Waals surface area (Å²) in [5.74, 6) is 0.571. The molecule has 6 N–H and O–H groups in total. The van der Waals surface area contributed by atoms with Gasteiger partial charge in [0.1, 0.15) is 0 Å². The molecule has 0 fully saturated rings. The van der Waals surface area contributed by atoms with Crippen LogP contribution in [0.1, 0.15) is 415 Å². The molecule has 0 bridgehead atoms. The monoisotopic (exact) mass is 1350 g/mol. The molecule has 0 heterocycles. The molecule has 2 aromatic rings. The molecule has 0 spiro atoms. The van der Waals surface area contributed by atoms with Crippen molar-refractivity contribution in [1.29, 1.82) is 0 Å². The van der Waals surface area contributed by atoms with Crippen molar-refractivity contribution in [2.24, 2.45) is 5.41 Å². The van der Waals surface area contributed by atoms with Crippen LogP contribution < -0.4 is 0 Å². The van der Waals surface area contributed by atoms with Gasteiger partial charge in [-0.1, -0.05) is 0 Å². The fourth-order valence-electron chi connectivity index (χ4n) is 14.6. The predicted molar refractivity (Wildman–Crippen MR) is 412 cm³/mol. The number of hydrogen-bond acceptors (Lipinski definition) is 8. The van der Waals surface area contributed by atoms with E-state index in [0.717, 1.165) is 110 Å². The van der Waals surface area contributed by atoms with Gasteiger partial charge in [0.25, 0.3) is 0 Å². The second-order valence-electron chi connectivity index (χ2n) is 34.4. The molecule has 2 rings (SSSR count). The Labute approximate surface area is 577 Å². The van der Waals surface area contributed by atoms with Gasteiger partial charge in [0.05, 0.1) is 0 Å². The van der Waals surface area contributed by atoms with Gasteiger partial charge in [-0.15, -0.1) is 0 Å². The normalized spacial score (nSPS) is 14.7. The zero-order chi connectivity index (χ0) is 69.9. The summed E-state index contributed by atoms with van der Waals surface area (Å²) in [6.07, 6.45) is 44.7. The zero-order valence-corrected chi connectivity index (χ0v) is 66.7. The van der Waals surface area contributed by atoms with Crippen LogP contribution >= 0.6 is 14.6 Å². The summed E-state index contributed by atoms with van der Waals surface area (Å²) in [6.45, 7) is 38.9. The Morgan fingerprint density at radius 1 is 0.290 bits per heavy atom. The first kappa shape index (κ1) is 87.7. The minimum absolute atomic E-state index is 0.176. The molecule has 93 heavy (non-hydrogen) atoms. The molecule has 0 aliphatic carbocycles. The molecule has 10 heteroatoms. The zero-order valence-electron chi connectivity index (χ0n) is 64.9. The van der Waals surface area contributed by atoms with Gasteiger partial charge < -0.3 is 0 Å². The Bertz CT molecular complexity index is 2010. The van der Waals surface area contributed by atoms with Crippen molar-refractivity contribution in [3.05, 3.63) is 57.6 Å². The molecule has 2 atom stereocenters. The average Bonchev–Trinajstić information content (AvgIpc) is 0.744. The van der Waals surface area contributed by atoms with E-state index in [1.54, 1.807) is 0 Å². The Balaban J connectivity index is 3.13. The van der Waals surface area contributed by atoms with Gasteiger partial charge in [0.2, 0.25) is 0 Å². The quantitative estimate of drug-likeness (QED) is 0.0284. The van der Waals surface area contributed by atoms with E-state index in [1.807, 2.05) is 13.8 Å². The van der Waals surface area contributed by atoms with E-state index in [4.69, 9.17) is 9.05 Å². The van der Waals surface area contributed by atoms with Gasteiger partial charge in [-0.05, 0) is 0 Å². The van der Waals surface area contributed by atoms with Crippen LogP contribution in [0.15, 0.2) is 24.3 Å². The second-order valence-corrected chi connectivity index (χ2v) is 41.8. The van der Waals surface area contributed by atoms with Crippen LogP contribution in [0.25, 0.3) is 0 Å². The summed E-state index contributed by atoms with van der Waals surface area (Å²) in [7, 11) is -10.0. The van der Waals surface area contributed by atoms with Crippen LogP contribution in [0.5, 0.6) is 11.5 Å². The van der Waals surface area contributed by atoms with Gasteiger partial charge in [0.15, 0.2) is 0 Å². The summed E-state index contributed by atoms with van der Waals surface area (Å²) in [5.41, 5.74) is 2.25. The van der Waals surface area contributed by atoms with E-state index in [9.17, 15) is 29.8 Å². The summed E-state index contributed by atoms with van der Waals surface area (Å²) in [4.78, 5) is 54.9. The van der Waals surface area contributed by atoms with Crippen LogP contribution in [0.3, 0.4) is 0 Å². The standard InChI is InChI=1S/C83H158O8P2/c1-19-23-27-31-35-39-43-47-51-55-59-92(86,87,60-56-52-48-44-40-36-32-28-24-20-2)90-69(5)83(67-71-63-73(79(7,8)9)77(84)74(64-71)80(10,11)12,68-72-65-75(81(13,14)15)78(85)76(66-72)82(16,17)18)70(6)91-93(88,89,61-57-53-49-45-41-37-33-29-25-21-3)62-58-54-50-46-42-38-34-30-26-22-4/h63-66,69-70,84-89H,19-62,67-68H2,1-18H3.